The average molecular weight is 264 g/mol. The number of halogens is 1. The van der Waals surface area contributed by atoms with Crippen LogP contribution in [0.3, 0.4) is 0 Å². The summed E-state index contributed by atoms with van der Waals surface area (Å²) in [4.78, 5) is 8.63. The van der Waals surface area contributed by atoms with Gasteiger partial charge in [0.15, 0.2) is 5.82 Å². The SMILES string of the molecule is COCCNc1cc(Cl)nc(-c2ccccc2)n1. The van der Waals surface area contributed by atoms with Gasteiger partial charge in [-0.05, 0) is 0 Å². The topological polar surface area (TPSA) is 47.0 Å². The van der Waals surface area contributed by atoms with Gasteiger partial charge in [-0.15, -0.1) is 0 Å². The number of ether oxygens (including phenoxy) is 1. The Kier molecular flexibility index (Phi) is 4.50. The van der Waals surface area contributed by atoms with E-state index >= 15 is 0 Å². The molecule has 0 atom stereocenters. The molecule has 1 aromatic carbocycles. The molecule has 1 aromatic heterocycles. The maximum Gasteiger partial charge on any atom is 0.163 e. The lowest BCUT2D eigenvalue weighted by molar-refractivity contribution is 0.210. The molecule has 0 fully saturated rings. The second-order valence-electron chi connectivity index (χ2n) is 3.69. The van der Waals surface area contributed by atoms with Crippen molar-refractivity contribution in [2.45, 2.75) is 0 Å². The van der Waals surface area contributed by atoms with Gasteiger partial charge in [0.1, 0.15) is 11.0 Å². The summed E-state index contributed by atoms with van der Waals surface area (Å²) < 4.78 is 4.97. The molecule has 94 valence electrons. The van der Waals surface area contributed by atoms with Crippen molar-refractivity contribution in [2.75, 3.05) is 25.6 Å². The number of benzene rings is 1. The lowest BCUT2D eigenvalue weighted by atomic mass is 10.2. The van der Waals surface area contributed by atoms with E-state index in [-0.39, 0.29) is 0 Å². The molecule has 5 heteroatoms. The number of nitrogens with one attached hydrogen (secondary N) is 1. The molecule has 1 N–H and O–H groups in total. The summed E-state index contributed by atoms with van der Waals surface area (Å²) >= 11 is 5.99. The molecule has 0 aliphatic carbocycles. The van der Waals surface area contributed by atoms with Crippen LogP contribution in [-0.2, 0) is 4.74 Å². The molecule has 0 radical (unpaired) electrons. The minimum absolute atomic E-state index is 0.420. The Morgan fingerprint density at radius 2 is 2.00 bits per heavy atom. The summed E-state index contributed by atoms with van der Waals surface area (Å²) in [5.74, 6) is 1.31. The molecule has 2 rings (SSSR count). The summed E-state index contributed by atoms with van der Waals surface area (Å²) in [5, 5.41) is 3.56. The Morgan fingerprint density at radius 3 is 2.72 bits per heavy atom. The van der Waals surface area contributed by atoms with Gasteiger partial charge in [-0.1, -0.05) is 41.9 Å². The molecule has 0 saturated heterocycles. The third-order valence-corrected chi connectivity index (χ3v) is 2.53. The van der Waals surface area contributed by atoms with Gasteiger partial charge in [0.2, 0.25) is 0 Å². The zero-order valence-electron chi connectivity index (χ0n) is 10.1. The van der Waals surface area contributed by atoms with Crippen LogP contribution in [0.4, 0.5) is 5.82 Å². The monoisotopic (exact) mass is 263 g/mol. The molecule has 0 amide bonds. The van der Waals surface area contributed by atoms with Crippen LogP contribution in [0.15, 0.2) is 36.4 Å². The van der Waals surface area contributed by atoms with Crippen LogP contribution in [-0.4, -0.2) is 30.2 Å². The molecular weight excluding hydrogens is 250 g/mol. The maximum absolute atomic E-state index is 5.99. The third kappa shape index (κ3) is 3.42. The Bertz CT molecular complexity index is 505. The third-order valence-electron chi connectivity index (χ3n) is 2.34. The molecule has 1 heterocycles. The van der Waals surface area contributed by atoms with Crippen molar-refractivity contribution in [1.29, 1.82) is 0 Å². The van der Waals surface area contributed by atoms with Crippen molar-refractivity contribution in [2.24, 2.45) is 0 Å². The number of methoxy groups -OCH3 is 1. The van der Waals surface area contributed by atoms with E-state index in [1.165, 1.54) is 0 Å². The average Bonchev–Trinajstić information content (AvgIpc) is 2.39. The highest BCUT2D eigenvalue weighted by atomic mass is 35.5. The first kappa shape index (κ1) is 12.8. The van der Waals surface area contributed by atoms with Crippen LogP contribution in [0.25, 0.3) is 11.4 Å². The number of anilines is 1. The van der Waals surface area contributed by atoms with Crippen molar-refractivity contribution in [3.63, 3.8) is 0 Å². The molecule has 18 heavy (non-hydrogen) atoms. The lowest BCUT2D eigenvalue weighted by Gasteiger charge is -2.07. The molecular formula is C13H14ClN3O. The Balaban J connectivity index is 2.21. The van der Waals surface area contributed by atoms with Gasteiger partial charge in [-0.2, -0.15) is 0 Å². The van der Waals surface area contributed by atoms with Crippen LogP contribution < -0.4 is 5.32 Å². The second kappa shape index (κ2) is 6.33. The van der Waals surface area contributed by atoms with Crippen molar-refractivity contribution in [1.82, 2.24) is 9.97 Å². The van der Waals surface area contributed by atoms with Crippen molar-refractivity contribution >= 4 is 17.4 Å². The fraction of sp³-hybridized carbons (Fsp3) is 0.231. The van der Waals surface area contributed by atoms with Crippen molar-refractivity contribution < 1.29 is 4.74 Å². The van der Waals surface area contributed by atoms with Gasteiger partial charge in [0, 0.05) is 25.3 Å². The Hall–Kier alpha value is -1.65. The summed E-state index contributed by atoms with van der Waals surface area (Å²) in [7, 11) is 1.66. The van der Waals surface area contributed by atoms with Gasteiger partial charge in [-0.3, -0.25) is 0 Å². The zero-order valence-corrected chi connectivity index (χ0v) is 10.8. The van der Waals surface area contributed by atoms with Crippen LogP contribution >= 0.6 is 11.6 Å². The summed E-state index contributed by atoms with van der Waals surface area (Å²) in [6, 6.07) is 11.4. The fourth-order valence-corrected chi connectivity index (χ4v) is 1.69. The van der Waals surface area contributed by atoms with Gasteiger partial charge < -0.3 is 10.1 Å². The molecule has 2 aromatic rings. The molecule has 0 saturated carbocycles. The van der Waals surface area contributed by atoms with E-state index in [0.717, 1.165) is 5.56 Å². The largest absolute Gasteiger partial charge is 0.383 e. The van der Waals surface area contributed by atoms with E-state index in [2.05, 4.69) is 15.3 Å². The highest BCUT2D eigenvalue weighted by molar-refractivity contribution is 6.29. The van der Waals surface area contributed by atoms with E-state index in [9.17, 15) is 0 Å². The van der Waals surface area contributed by atoms with Gasteiger partial charge in [-0.25, -0.2) is 9.97 Å². The van der Waals surface area contributed by atoms with Gasteiger partial charge in [0.25, 0.3) is 0 Å². The minimum atomic E-state index is 0.420. The van der Waals surface area contributed by atoms with E-state index < -0.39 is 0 Å². The van der Waals surface area contributed by atoms with Crippen LogP contribution in [0.1, 0.15) is 0 Å². The molecule has 0 aliphatic rings. The van der Waals surface area contributed by atoms with E-state index in [4.69, 9.17) is 16.3 Å². The lowest BCUT2D eigenvalue weighted by Crippen LogP contribution is -2.09. The predicted molar refractivity (Wildman–Crippen MR) is 72.8 cm³/mol. The standard InChI is InChI=1S/C13H14ClN3O/c1-18-8-7-15-12-9-11(14)16-13(17-12)10-5-3-2-4-6-10/h2-6,9H,7-8H2,1H3,(H,15,16,17). The molecule has 4 nitrogen and oxygen atoms in total. The minimum Gasteiger partial charge on any atom is -0.383 e. The normalized spacial score (nSPS) is 10.3. The van der Waals surface area contributed by atoms with Gasteiger partial charge in [0.05, 0.1) is 6.61 Å². The molecule has 0 bridgehead atoms. The van der Waals surface area contributed by atoms with Crippen LogP contribution in [0, 0.1) is 0 Å². The number of hydrogen-bond acceptors (Lipinski definition) is 4. The fourth-order valence-electron chi connectivity index (χ4n) is 1.51. The Morgan fingerprint density at radius 1 is 1.22 bits per heavy atom. The number of nitrogens with zero attached hydrogens (tertiary/aromatic N) is 2. The van der Waals surface area contributed by atoms with Crippen LogP contribution in [0.2, 0.25) is 5.15 Å². The van der Waals surface area contributed by atoms with E-state index in [1.54, 1.807) is 13.2 Å². The highest BCUT2D eigenvalue weighted by Crippen LogP contribution is 2.19. The first-order chi connectivity index (χ1) is 8.79. The molecule has 0 aliphatic heterocycles. The first-order valence-corrected chi connectivity index (χ1v) is 6.00. The van der Waals surface area contributed by atoms with E-state index in [1.807, 2.05) is 30.3 Å². The number of hydrogen-bond donors (Lipinski definition) is 1. The summed E-state index contributed by atoms with van der Waals surface area (Å²) in [6.07, 6.45) is 0. The second-order valence-corrected chi connectivity index (χ2v) is 4.07. The van der Waals surface area contributed by atoms with Crippen molar-refractivity contribution in [3.8, 4) is 11.4 Å². The molecule has 0 spiro atoms. The van der Waals surface area contributed by atoms with Crippen LogP contribution in [0.5, 0.6) is 0 Å². The summed E-state index contributed by atoms with van der Waals surface area (Å²) in [5.41, 5.74) is 0.940. The smallest absolute Gasteiger partial charge is 0.163 e. The number of aromatic nitrogens is 2. The summed E-state index contributed by atoms with van der Waals surface area (Å²) in [6.45, 7) is 1.29. The van der Waals surface area contributed by atoms with E-state index in [0.29, 0.717) is 29.9 Å². The van der Waals surface area contributed by atoms with Crippen molar-refractivity contribution in [3.05, 3.63) is 41.6 Å². The first-order valence-electron chi connectivity index (χ1n) is 5.62. The number of rotatable bonds is 5. The molecule has 0 unspecified atom stereocenters. The van der Waals surface area contributed by atoms with Gasteiger partial charge >= 0.3 is 0 Å². The maximum atomic E-state index is 5.99. The zero-order chi connectivity index (χ0) is 12.8. The quantitative estimate of drug-likeness (QED) is 0.666. The Labute approximate surface area is 111 Å². The highest BCUT2D eigenvalue weighted by Gasteiger charge is 2.05. The predicted octanol–water partition coefficient (Wildman–Crippen LogP) is 2.86.